The maximum atomic E-state index is 12.6. The molecular weight excluding hydrogens is 507 g/mol. The van der Waals surface area contributed by atoms with Gasteiger partial charge in [0, 0.05) is 26.2 Å². The zero-order chi connectivity index (χ0) is 19.1. The molecule has 1 fully saturated rings. The topological polar surface area (TPSA) is 73.8 Å². The van der Waals surface area contributed by atoms with Crippen molar-refractivity contribution in [1.29, 1.82) is 0 Å². The Morgan fingerprint density at radius 2 is 1.82 bits per heavy atom. The highest BCUT2D eigenvalue weighted by atomic mass is 127. The van der Waals surface area contributed by atoms with Crippen LogP contribution in [0.4, 0.5) is 0 Å². The van der Waals surface area contributed by atoms with E-state index in [9.17, 15) is 8.42 Å². The Morgan fingerprint density at radius 3 is 2.43 bits per heavy atom. The molecule has 2 aromatic rings. The van der Waals surface area contributed by atoms with E-state index >= 15 is 0 Å². The first-order valence-corrected chi connectivity index (χ1v) is 11.6. The van der Waals surface area contributed by atoms with Crippen LogP contribution in [0, 0.1) is 0 Å². The van der Waals surface area contributed by atoms with Crippen molar-refractivity contribution < 1.29 is 8.42 Å². The molecule has 1 aliphatic heterocycles. The number of sulfonamides is 1. The van der Waals surface area contributed by atoms with Crippen molar-refractivity contribution in [1.82, 2.24) is 14.9 Å². The predicted octanol–water partition coefficient (Wildman–Crippen LogP) is 3.41. The van der Waals surface area contributed by atoms with E-state index in [1.807, 2.05) is 24.4 Å². The van der Waals surface area contributed by atoms with Gasteiger partial charge in [-0.3, -0.25) is 0 Å². The number of hydrogen-bond acceptors (Lipinski definition) is 4. The van der Waals surface area contributed by atoms with Crippen LogP contribution < -0.4 is 10.6 Å². The molecule has 6 nitrogen and oxygen atoms in total. The summed E-state index contributed by atoms with van der Waals surface area (Å²) in [5, 5.41) is 10.7. The van der Waals surface area contributed by atoms with Crippen molar-refractivity contribution in [2.24, 2.45) is 4.99 Å². The average molecular weight is 534 g/mol. The summed E-state index contributed by atoms with van der Waals surface area (Å²) < 4.78 is 26.7. The molecule has 0 spiro atoms. The Labute approximate surface area is 188 Å². The predicted molar refractivity (Wildman–Crippen MR) is 126 cm³/mol. The molecule has 28 heavy (non-hydrogen) atoms. The standard InChI is InChI=1S/C19H26N4O2S2.HI/c1-2-20-19(22-14-17-9-12-26-15-17)21-13-16-5-7-18(8-6-16)27(24,25)23-10-3-4-11-23;/h5-9,12,15H,2-4,10-11,13-14H2,1H3,(H2,20,21,22);1H. The second kappa shape index (κ2) is 11.1. The number of thiophene rings is 1. The highest BCUT2D eigenvalue weighted by Crippen LogP contribution is 2.21. The van der Waals surface area contributed by atoms with E-state index in [1.165, 1.54) is 5.56 Å². The molecule has 1 aromatic carbocycles. The van der Waals surface area contributed by atoms with E-state index in [4.69, 9.17) is 0 Å². The van der Waals surface area contributed by atoms with Gasteiger partial charge in [-0.1, -0.05) is 12.1 Å². The van der Waals surface area contributed by atoms with Crippen molar-refractivity contribution in [3.05, 3.63) is 52.2 Å². The van der Waals surface area contributed by atoms with Crippen LogP contribution in [0.1, 0.15) is 30.9 Å². The largest absolute Gasteiger partial charge is 0.357 e. The number of rotatable bonds is 7. The van der Waals surface area contributed by atoms with Crippen LogP contribution in [-0.4, -0.2) is 38.3 Å². The second-order valence-electron chi connectivity index (χ2n) is 6.44. The number of nitrogens with one attached hydrogen (secondary N) is 2. The van der Waals surface area contributed by atoms with Crippen LogP contribution >= 0.6 is 35.3 Å². The van der Waals surface area contributed by atoms with Gasteiger partial charge in [0.15, 0.2) is 5.96 Å². The third-order valence-electron chi connectivity index (χ3n) is 4.43. The highest BCUT2D eigenvalue weighted by Gasteiger charge is 2.26. The number of benzene rings is 1. The monoisotopic (exact) mass is 534 g/mol. The molecule has 0 radical (unpaired) electrons. The van der Waals surface area contributed by atoms with Crippen molar-refractivity contribution in [3.8, 4) is 0 Å². The Morgan fingerprint density at radius 1 is 1.11 bits per heavy atom. The summed E-state index contributed by atoms with van der Waals surface area (Å²) in [4.78, 5) is 4.95. The Balaban J connectivity index is 0.00000280. The lowest BCUT2D eigenvalue weighted by atomic mass is 10.2. The van der Waals surface area contributed by atoms with Crippen LogP contribution in [0.15, 0.2) is 51.0 Å². The van der Waals surface area contributed by atoms with E-state index in [0.29, 0.717) is 31.1 Å². The molecular formula is C19H27IN4O2S2. The second-order valence-corrected chi connectivity index (χ2v) is 9.15. The fourth-order valence-electron chi connectivity index (χ4n) is 2.94. The summed E-state index contributed by atoms with van der Waals surface area (Å²) >= 11 is 1.66. The zero-order valence-electron chi connectivity index (χ0n) is 15.9. The molecule has 2 N–H and O–H groups in total. The first-order chi connectivity index (χ1) is 13.1. The van der Waals surface area contributed by atoms with Crippen LogP contribution in [0.25, 0.3) is 0 Å². The summed E-state index contributed by atoms with van der Waals surface area (Å²) in [5.74, 6) is 0.748. The first kappa shape index (κ1) is 23.1. The van der Waals surface area contributed by atoms with Crippen molar-refractivity contribution in [3.63, 3.8) is 0 Å². The van der Waals surface area contributed by atoms with Gasteiger partial charge in [-0.25, -0.2) is 13.4 Å². The van der Waals surface area contributed by atoms with Gasteiger partial charge in [0.2, 0.25) is 10.0 Å². The van der Waals surface area contributed by atoms with Crippen LogP contribution in [-0.2, 0) is 23.1 Å². The molecule has 154 valence electrons. The summed E-state index contributed by atoms with van der Waals surface area (Å²) in [7, 11) is -3.35. The van der Waals surface area contributed by atoms with Crippen molar-refractivity contribution in [2.75, 3.05) is 19.6 Å². The molecule has 0 saturated carbocycles. The van der Waals surface area contributed by atoms with Crippen molar-refractivity contribution in [2.45, 2.75) is 37.8 Å². The average Bonchev–Trinajstić information content (AvgIpc) is 3.38. The van der Waals surface area contributed by atoms with E-state index in [0.717, 1.165) is 30.9 Å². The number of nitrogens with zero attached hydrogens (tertiary/aromatic N) is 2. The SMILES string of the molecule is CCNC(=NCc1ccsc1)NCc1ccc(S(=O)(=O)N2CCCC2)cc1.I. The fraction of sp³-hybridized carbons (Fsp3) is 0.421. The Hall–Kier alpha value is -1.17. The van der Waals surface area contributed by atoms with Gasteiger partial charge in [-0.15, -0.1) is 24.0 Å². The molecule has 0 amide bonds. The summed E-state index contributed by atoms with van der Waals surface area (Å²) in [5.41, 5.74) is 2.20. The van der Waals surface area contributed by atoms with Crippen LogP contribution in [0.5, 0.6) is 0 Å². The van der Waals surface area contributed by atoms with Crippen LogP contribution in [0.3, 0.4) is 0 Å². The Kier molecular flexibility index (Phi) is 9.19. The lowest BCUT2D eigenvalue weighted by molar-refractivity contribution is 0.477. The van der Waals surface area contributed by atoms with Gasteiger partial charge in [0.1, 0.15) is 0 Å². The smallest absolute Gasteiger partial charge is 0.243 e. The molecule has 2 heterocycles. The third-order valence-corrected chi connectivity index (χ3v) is 7.08. The minimum Gasteiger partial charge on any atom is -0.357 e. The van der Waals surface area contributed by atoms with Crippen LogP contribution in [0.2, 0.25) is 0 Å². The van der Waals surface area contributed by atoms with Gasteiger partial charge in [-0.2, -0.15) is 15.6 Å². The van der Waals surface area contributed by atoms with Gasteiger partial charge >= 0.3 is 0 Å². The van der Waals surface area contributed by atoms with Gasteiger partial charge in [0.25, 0.3) is 0 Å². The first-order valence-electron chi connectivity index (χ1n) is 9.22. The molecule has 3 rings (SSSR count). The molecule has 1 aromatic heterocycles. The maximum absolute atomic E-state index is 12.6. The molecule has 9 heteroatoms. The zero-order valence-corrected chi connectivity index (χ0v) is 19.9. The lowest BCUT2D eigenvalue weighted by Gasteiger charge is -2.16. The summed E-state index contributed by atoms with van der Waals surface area (Å²) in [6, 6.07) is 9.17. The molecule has 0 bridgehead atoms. The summed E-state index contributed by atoms with van der Waals surface area (Å²) in [6.07, 6.45) is 1.89. The minimum absolute atomic E-state index is 0. The van der Waals surface area contributed by atoms with E-state index in [-0.39, 0.29) is 24.0 Å². The molecule has 0 aliphatic carbocycles. The quantitative estimate of drug-likeness (QED) is 0.325. The minimum atomic E-state index is -3.35. The van der Waals surface area contributed by atoms with E-state index < -0.39 is 10.0 Å². The van der Waals surface area contributed by atoms with Gasteiger partial charge in [-0.05, 0) is 59.9 Å². The third kappa shape index (κ3) is 6.16. The molecule has 1 saturated heterocycles. The lowest BCUT2D eigenvalue weighted by Crippen LogP contribution is -2.36. The number of hydrogen-bond donors (Lipinski definition) is 2. The van der Waals surface area contributed by atoms with Gasteiger partial charge < -0.3 is 10.6 Å². The summed E-state index contributed by atoms with van der Waals surface area (Å²) in [6.45, 7) is 5.27. The van der Waals surface area contributed by atoms with E-state index in [2.05, 4.69) is 27.1 Å². The number of halogens is 1. The Bertz CT molecular complexity index is 847. The molecule has 0 unspecified atom stereocenters. The fourth-order valence-corrected chi connectivity index (χ4v) is 5.11. The normalized spacial score (nSPS) is 15.2. The maximum Gasteiger partial charge on any atom is 0.243 e. The van der Waals surface area contributed by atoms with E-state index in [1.54, 1.807) is 27.8 Å². The van der Waals surface area contributed by atoms with Gasteiger partial charge in [0.05, 0.1) is 11.4 Å². The molecule has 1 aliphatic rings. The highest BCUT2D eigenvalue weighted by molar-refractivity contribution is 14.0. The van der Waals surface area contributed by atoms with Crippen molar-refractivity contribution >= 4 is 51.3 Å². The number of aliphatic imine (C=N–C) groups is 1. The molecule has 0 atom stereocenters. The number of guanidine groups is 1.